The van der Waals surface area contributed by atoms with Crippen molar-refractivity contribution >= 4 is 17.6 Å². The maximum absolute atomic E-state index is 12.0. The summed E-state index contributed by atoms with van der Waals surface area (Å²) in [4.78, 5) is 12.0. The Morgan fingerprint density at radius 3 is 2.81 bits per heavy atom. The molecular weight excluding hydrogens is 288 g/mol. The van der Waals surface area contributed by atoms with Crippen LogP contribution in [0.2, 0.25) is 5.02 Å². The first-order valence-corrected chi connectivity index (χ1v) is 7.38. The Morgan fingerprint density at radius 1 is 1.43 bits per heavy atom. The molecule has 2 rings (SSSR count). The average Bonchev–Trinajstić information content (AvgIpc) is 2.83. The molecule has 0 saturated heterocycles. The van der Waals surface area contributed by atoms with E-state index in [9.17, 15) is 4.79 Å². The quantitative estimate of drug-likeness (QED) is 0.787. The van der Waals surface area contributed by atoms with Crippen molar-refractivity contribution < 1.29 is 9.53 Å². The number of esters is 1. The van der Waals surface area contributed by atoms with Gasteiger partial charge in [0.1, 0.15) is 5.56 Å². The number of nitrogens with zero attached hydrogens (tertiary/aromatic N) is 2. The normalized spacial score (nSPS) is 10.9. The third kappa shape index (κ3) is 3.64. The second kappa shape index (κ2) is 6.76. The third-order valence-electron chi connectivity index (χ3n) is 3.14. The molecular formula is C16H19ClN2O2. The molecule has 0 unspecified atom stereocenters. The predicted octanol–water partition coefficient (Wildman–Crippen LogP) is 3.88. The van der Waals surface area contributed by atoms with E-state index < -0.39 is 0 Å². The lowest BCUT2D eigenvalue weighted by Gasteiger charge is -2.12. The van der Waals surface area contributed by atoms with Crippen LogP contribution in [-0.2, 0) is 11.3 Å². The standard InChI is InChI=1S/C16H19ClN2O2/c1-4-21-16(20)14-9-18-19(15(14)11(2)3)10-12-6-5-7-13(17)8-12/h5-9,11H,4,10H2,1-3H3. The summed E-state index contributed by atoms with van der Waals surface area (Å²) < 4.78 is 6.92. The van der Waals surface area contributed by atoms with Crippen molar-refractivity contribution in [2.75, 3.05) is 6.61 Å². The van der Waals surface area contributed by atoms with Crippen LogP contribution in [0, 0.1) is 0 Å². The first-order chi connectivity index (χ1) is 10.0. The smallest absolute Gasteiger partial charge is 0.341 e. The van der Waals surface area contributed by atoms with Gasteiger partial charge in [-0.3, -0.25) is 4.68 Å². The van der Waals surface area contributed by atoms with Crippen molar-refractivity contribution in [3.8, 4) is 0 Å². The van der Waals surface area contributed by atoms with Crippen molar-refractivity contribution in [1.29, 1.82) is 0 Å². The molecule has 0 aliphatic heterocycles. The highest BCUT2D eigenvalue weighted by atomic mass is 35.5. The highest BCUT2D eigenvalue weighted by molar-refractivity contribution is 6.30. The van der Waals surface area contributed by atoms with E-state index in [0.29, 0.717) is 23.7 Å². The fourth-order valence-electron chi connectivity index (χ4n) is 2.30. The molecule has 1 aromatic carbocycles. The van der Waals surface area contributed by atoms with Gasteiger partial charge in [-0.1, -0.05) is 37.6 Å². The average molecular weight is 307 g/mol. The van der Waals surface area contributed by atoms with Crippen molar-refractivity contribution in [1.82, 2.24) is 9.78 Å². The Bertz CT molecular complexity index is 635. The monoisotopic (exact) mass is 306 g/mol. The second-order valence-corrected chi connectivity index (χ2v) is 5.54. The first kappa shape index (κ1) is 15.6. The van der Waals surface area contributed by atoms with Crippen molar-refractivity contribution in [3.05, 3.63) is 52.3 Å². The van der Waals surface area contributed by atoms with Crippen LogP contribution in [0.5, 0.6) is 0 Å². The van der Waals surface area contributed by atoms with Gasteiger partial charge >= 0.3 is 5.97 Å². The minimum Gasteiger partial charge on any atom is -0.462 e. The lowest BCUT2D eigenvalue weighted by Crippen LogP contribution is -2.12. The molecule has 5 heteroatoms. The number of benzene rings is 1. The van der Waals surface area contributed by atoms with E-state index in [4.69, 9.17) is 16.3 Å². The summed E-state index contributed by atoms with van der Waals surface area (Å²) >= 11 is 6.01. The lowest BCUT2D eigenvalue weighted by molar-refractivity contribution is 0.0524. The van der Waals surface area contributed by atoms with Crippen molar-refractivity contribution in [2.24, 2.45) is 0 Å². The maximum Gasteiger partial charge on any atom is 0.341 e. The Balaban J connectivity index is 2.34. The number of carbonyl (C=O) groups is 1. The first-order valence-electron chi connectivity index (χ1n) is 7.00. The molecule has 2 aromatic rings. The molecule has 1 heterocycles. The zero-order valence-corrected chi connectivity index (χ0v) is 13.2. The Labute approximate surface area is 129 Å². The van der Waals surface area contributed by atoms with Gasteiger partial charge in [0, 0.05) is 5.02 Å². The summed E-state index contributed by atoms with van der Waals surface area (Å²) in [6.45, 7) is 6.80. The molecule has 21 heavy (non-hydrogen) atoms. The van der Waals surface area contributed by atoms with Crippen molar-refractivity contribution in [2.45, 2.75) is 33.2 Å². The van der Waals surface area contributed by atoms with Crippen LogP contribution in [0.1, 0.15) is 48.3 Å². The number of rotatable bonds is 5. The lowest BCUT2D eigenvalue weighted by atomic mass is 10.1. The molecule has 1 aromatic heterocycles. The number of hydrogen-bond donors (Lipinski definition) is 0. The van der Waals surface area contributed by atoms with Crippen LogP contribution in [0.25, 0.3) is 0 Å². The molecule has 0 aliphatic carbocycles. The van der Waals surface area contributed by atoms with Crippen LogP contribution < -0.4 is 0 Å². The summed E-state index contributed by atoms with van der Waals surface area (Å²) in [7, 11) is 0. The fourth-order valence-corrected chi connectivity index (χ4v) is 2.52. The second-order valence-electron chi connectivity index (χ2n) is 5.11. The molecule has 0 amide bonds. The minimum atomic E-state index is -0.321. The molecule has 0 atom stereocenters. The van der Waals surface area contributed by atoms with Crippen molar-refractivity contribution in [3.63, 3.8) is 0 Å². The number of aromatic nitrogens is 2. The van der Waals surface area contributed by atoms with E-state index in [2.05, 4.69) is 5.10 Å². The summed E-state index contributed by atoms with van der Waals surface area (Å²) in [6, 6.07) is 7.63. The Morgan fingerprint density at radius 2 is 2.19 bits per heavy atom. The highest BCUT2D eigenvalue weighted by Gasteiger charge is 2.20. The number of ether oxygens (including phenoxy) is 1. The highest BCUT2D eigenvalue weighted by Crippen LogP contribution is 2.22. The molecule has 0 bridgehead atoms. The predicted molar refractivity (Wildman–Crippen MR) is 82.8 cm³/mol. The summed E-state index contributed by atoms with van der Waals surface area (Å²) in [5, 5.41) is 5.03. The summed E-state index contributed by atoms with van der Waals surface area (Å²) in [5.74, 6) is -0.148. The van der Waals surface area contributed by atoms with Gasteiger partial charge in [-0.05, 0) is 30.5 Å². The Hall–Kier alpha value is -1.81. The molecule has 0 N–H and O–H groups in total. The number of hydrogen-bond acceptors (Lipinski definition) is 3. The fraction of sp³-hybridized carbons (Fsp3) is 0.375. The van der Waals surface area contributed by atoms with Gasteiger partial charge in [-0.25, -0.2) is 4.79 Å². The largest absolute Gasteiger partial charge is 0.462 e. The van der Waals surface area contributed by atoms with Crippen LogP contribution >= 0.6 is 11.6 Å². The van der Waals surface area contributed by atoms with Gasteiger partial charge in [0.15, 0.2) is 0 Å². The molecule has 112 valence electrons. The van der Waals surface area contributed by atoms with Gasteiger partial charge in [0.2, 0.25) is 0 Å². The van der Waals surface area contributed by atoms with E-state index in [1.165, 1.54) is 0 Å². The summed E-state index contributed by atoms with van der Waals surface area (Å²) in [5.41, 5.74) is 2.46. The van der Waals surface area contributed by atoms with Gasteiger partial charge in [-0.2, -0.15) is 5.10 Å². The van der Waals surface area contributed by atoms with Gasteiger partial charge in [0.25, 0.3) is 0 Å². The SMILES string of the molecule is CCOC(=O)c1cnn(Cc2cccc(Cl)c2)c1C(C)C. The zero-order valence-electron chi connectivity index (χ0n) is 12.5. The zero-order chi connectivity index (χ0) is 15.4. The van der Waals surface area contributed by atoms with E-state index in [-0.39, 0.29) is 11.9 Å². The number of halogens is 1. The van der Waals surface area contributed by atoms with Gasteiger partial charge < -0.3 is 4.74 Å². The summed E-state index contributed by atoms with van der Waals surface area (Å²) in [6.07, 6.45) is 1.58. The topological polar surface area (TPSA) is 44.1 Å². The van der Waals surface area contributed by atoms with E-state index in [1.54, 1.807) is 13.1 Å². The van der Waals surface area contributed by atoms with E-state index >= 15 is 0 Å². The van der Waals surface area contributed by atoms with E-state index in [0.717, 1.165) is 11.3 Å². The van der Waals surface area contributed by atoms with Crippen LogP contribution in [0.4, 0.5) is 0 Å². The van der Waals surface area contributed by atoms with Gasteiger partial charge in [-0.15, -0.1) is 0 Å². The van der Waals surface area contributed by atoms with E-state index in [1.807, 2.05) is 42.8 Å². The molecule has 0 aliphatic rings. The van der Waals surface area contributed by atoms with Crippen LogP contribution in [0.15, 0.2) is 30.5 Å². The molecule has 4 nitrogen and oxygen atoms in total. The minimum absolute atomic E-state index is 0.172. The van der Waals surface area contributed by atoms with Crippen LogP contribution in [-0.4, -0.2) is 22.4 Å². The molecule has 0 fully saturated rings. The van der Waals surface area contributed by atoms with Gasteiger partial charge in [0.05, 0.1) is 25.0 Å². The molecule has 0 saturated carbocycles. The Kier molecular flexibility index (Phi) is 5.02. The number of carbonyl (C=O) groups excluding carboxylic acids is 1. The molecule has 0 radical (unpaired) electrons. The van der Waals surface area contributed by atoms with Crippen LogP contribution in [0.3, 0.4) is 0 Å². The maximum atomic E-state index is 12.0. The third-order valence-corrected chi connectivity index (χ3v) is 3.38. The molecule has 0 spiro atoms.